The molecule has 1 spiro atoms. The van der Waals surface area contributed by atoms with E-state index in [2.05, 4.69) is 15.6 Å². The van der Waals surface area contributed by atoms with Crippen LogP contribution in [0.1, 0.15) is 24.8 Å². The summed E-state index contributed by atoms with van der Waals surface area (Å²) in [5, 5.41) is 7.95. The van der Waals surface area contributed by atoms with Gasteiger partial charge in [-0.3, -0.25) is 9.69 Å². The smallest absolute Gasteiger partial charge is 0.226 e. The van der Waals surface area contributed by atoms with E-state index in [1.165, 1.54) is 5.56 Å². The van der Waals surface area contributed by atoms with Crippen LogP contribution < -0.4 is 5.32 Å². The minimum atomic E-state index is -0.0606. The molecule has 1 aromatic rings. The number of carbonyl (C=O) groups excluding carboxylic acids is 1. The van der Waals surface area contributed by atoms with Crippen LogP contribution in [-0.4, -0.2) is 30.4 Å². The Morgan fingerprint density at radius 2 is 2.11 bits per heavy atom. The summed E-state index contributed by atoms with van der Waals surface area (Å²) < 4.78 is 0. The normalized spacial score (nSPS) is 23.5. The van der Waals surface area contributed by atoms with Gasteiger partial charge in [0, 0.05) is 18.5 Å². The van der Waals surface area contributed by atoms with Crippen LogP contribution in [0.2, 0.25) is 5.02 Å². The van der Waals surface area contributed by atoms with E-state index in [1.807, 2.05) is 5.38 Å². The van der Waals surface area contributed by atoms with Crippen molar-refractivity contribution in [1.29, 1.82) is 0 Å². The van der Waals surface area contributed by atoms with Gasteiger partial charge in [-0.15, -0.1) is 0 Å². The highest BCUT2D eigenvalue weighted by molar-refractivity contribution is 7.08. The van der Waals surface area contributed by atoms with E-state index in [0.717, 1.165) is 50.5 Å². The Balaban J connectivity index is 1.60. The number of halogens is 1. The lowest BCUT2D eigenvalue weighted by Crippen LogP contribution is -2.43. The van der Waals surface area contributed by atoms with Gasteiger partial charge in [-0.05, 0) is 43.3 Å². The number of amides is 1. The minimum Gasteiger partial charge on any atom is -0.356 e. The van der Waals surface area contributed by atoms with Gasteiger partial charge in [-0.2, -0.15) is 11.3 Å². The zero-order valence-electron chi connectivity index (χ0n) is 10.2. The number of nitrogens with zero attached hydrogens (tertiary/aromatic N) is 1. The van der Waals surface area contributed by atoms with Crippen molar-refractivity contribution in [2.45, 2.75) is 25.8 Å². The summed E-state index contributed by atoms with van der Waals surface area (Å²) in [4.78, 5) is 14.3. The summed E-state index contributed by atoms with van der Waals surface area (Å²) in [5.74, 6) is 0.274. The summed E-state index contributed by atoms with van der Waals surface area (Å²) in [5.41, 5.74) is 1.16. The fourth-order valence-corrected chi connectivity index (χ4v) is 4.03. The van der Waals surface area contributed by atoms with E-state index >= 15 is 0 Å². The molecule has 98 valence electrons. The Bertz CT molecular complexity index is 452. The first-order valence-corrected chi connectivity index (χ1v) is 7.73. The van der Waals surface area contributed by atoms with Crippen LogP contribution >= 0.6 is 22.9 Å². The maximum Gasteiger partial charge on any atom is 0.226 e. The number of thiophene rings is 1. The largest absolute Gasteiger partial charge is 0.356 e. The molecule has 2 saturated heterocycles. The van der Waals surface area contributed by atoms with Crippen LogP contribution in [0, 0.1) is 5.41 Å². The van der Waals surface area contributed by atoms with Crippen LogP contribution in [-0.2, 0) is 11.3 Å². The Kier molecular flexibility index (Phi) is 3.34. The molecule has 3 heterocycles. The van der Waals surface area contributed by atoms with Crippen molar-refractivity contribution in [3.63, 3.8) is 0 Å². The molecule has 3 rings (SSSR count). The number of rotatable bonds is 2. The van der Waals surface area contributed by atoms with Gasteiger partial charge in [-0.1, -0.05) is 11.6 Å². The van der Waals surface area contributed by atoms with Crippen LogP contribution in [0.15, 0.2) is 10.8 Å². The molecule has 2 aliphatic rings. The van der Waals surface area contributed by atoms with Crippen molar-refractivity contribution >= 4 is 28.8 Å². The number of nitrogens with one attached hydrogen (secondary N) is 1. The lowest BCUT2D eigenvalue weighted by atomic mass is 9.77. The second-order valence-corrected chi connectivity index (χ2v) is 6.46. The number of likely N-dealkylation sites (tertiary alicyclic amines) is 1. The number of piperidine rings is 1. The van der Waals surface area contributed by atoms with Crippen molar-refractivity contribution in [3.8, 4) is 0 Å². The molecule has 0 bridgehead atoms. The molecule has 0 aromatic carbocycles. The number of carbonyl (C=O) groups is 1. The number of hydrogen-bond acceptors (Lipinski definition) is 3. The fourth-order valence-electron chi connectivity index (χ4n) is 2.99. The van der Waals surface area contributed by atoms with Crippen LogP contribution in [0.4, 0.5) is 0 Å². The molecule has 0 saturated carbocycles. The molecule has 0 aliphatic carbocycles. The molecule has 1 N–H and O–H groups in total. The van der Waals surface area contributed by atoms with Crippen molar-refractivity contribution < 1.29 is 4.79 Å². The van der Waals surface area contributed by atoms with Gasteiger partial charge in [-0.25, -0.2) is 0 Å². The van der Waals surface area contributed by atoms with Gasteiger partial charge in [0.15, 0.2) is 0 Å². The first-order valence-electron chi connectivity index (χ1n) is 6.41. The molecule has 3 nitrogen and oxygen atoms in total. The zero-order chi connectivity index (χ0) is 12.6. The highest BCUT2D eigenvalue weighted by atomic mass is 35.5. The third-order valence-electron chi connectivity index (χ3n) is 4.27. The summed E-state index contributed by atoms with van der Waals surface area (Å²) in [7, 11) is 0. The van der Waals surface area contributed by atoms with Gasteiger partial charge in [0.05, 0.1) is 10.4 Å². The quantitative estimate of drug-likeness (QED) is 0.905. The highest BCUT2D eigenvalue weighted by Crippen LogP contribution is 2.38. The third kappa shape index (κ3) is 2.17. The van der Waals surface area contributed by atoms with E-state index in [1.54, 1.807) is 11.3 Å². The monoisotopic (exact) mass is 284 g/mol. The maximum absolute atomic E-state index is 11.9. The summed E-state index contributed by atoms with van der Waals surface area (Å²) in [6, 6.07) is 0. The Labute approximate surface area is 116 Å². The van der Waals surface area contributed by atoms with Gasteiger partial charge in [0.25, 0.3) is 0 Å². The van der Waals surface area contributed by atoms with Crippen molar-refractivity contribution in [1.82, 2.24) is 10.2 Å². The van der Waals surface area contributed by atoms with Crippen LogP contribution in [0.3, 0.4) is 0 Å². The molecule has 2 fully saturated rings. The second-order valence-electron chi connectivity index (χ2n) is 5.31. The van der Waals surface area contributed by atoms with E-state index < -0.39 is 0 Å². The molecular formula is C13H17ClN2OS. The van der Waals surface area contributed by atoms with Crippen molar-refractivity contribution in [2.24, 2.45) is 5.41 Å². The SMILES string of the molecule is O=C1NCCC12CCN(Cc1cscc1Cl)CC2. The standard InChI is InChI=1S/C13H17ClN2OS/c14-11-9-18-8-10(11)7-16-5-2-13(3-6-16)1-4-15-12(13)17/h8-9H,1-7H2,(H,15,17). The molecule has 1 aromatic heterocycles. The Morgan fingerprint density at radius 3 is 2.67 bits per heavy atom. The highest BCUT2D eigenvalue weighted by Gasteiger charge is 2.44. The molecule has 0 radical (unpaired) electrons. The van der Waals surface area contributed by atoms with Gasteiger partial charge < -0.3 is 5.32 Å². The minimum absolute atomic E-state index is 0.0606. The van der Waals surface area contributed by atoms with Crippen LogP contribution in [0.5, 0.6) is 0 Å². The maximum atomic E-state index is 11.9. The van der Waals surface area contributed by atoms with Gasteiger partial charge in [0.1, 0.15) is 0 Å². The molecule has 1 amide bonds. The average molecular weight is 285 g/mol. The predicted molar refractivity (Wildman–Crippen MR) is 73.9 cm³/mol. The predicted octanol–water partition coefficient (Wildman–Crippen LogP) is 2.50. The van der Waals surface area contributed by atoms with Gasteiger partial charge >= 0.3 is 0 Å². The molecule has 0 unspecified atom stereocenters. The number of hydrogen-bond donors (Lipinski definition) is 1. The molecule has 0 atom stereocenters. The first-order chi connectivity index (χ1) is 8.70. The molecular weight excluding hydrogens is 268 g/mol. The lowest BCUT2D eigenvalue weighted by Gasteiger charge is -2.37. The van der Waals surface area contributed by atoms with E-state index in [9.17, 15) is 4.79 Å². The van der Waals surface area contributed by atoms with Crippen molar-refractivity contribution in [2.75, 3.05) is 19.6 Å². The third-order valence-corrected chi connectivity index (χ3v) is 5.54. The van der Waals surface area contributed by atoms with Crippen LogP contribution in [0.25, 0.3) is 0 Å². The van der Waals surface area contributed by atoms with E-state index in [0.29, 0.717) is 0 Å². The summed E-state index contributed by atoms with van der Waals surface area (Å²) >= 11 is 7.77. The Morgan fingerprint density at radius 1 is 1.33 bits per heavy atom. The second kappa shape index (κ2) is 4.83. The molecule has 2 aliphatic heterocycles. The van der Waals surface area contributed by atoms with E-state index in [-0.39, 0.29) is 11.3 Å². The van der Waals surface area contributed by atoms with E-state index in [4.69, 9.17) is 11.6 Å². The lowest BCUT2D eigenvalue weighted by molar-refractivity contribution is -0.130. The zero-order valence-corrected chi connectivity index (χ0v) is 11.8. The van der Waals surface area contributed by atoms with Crippen molar-refractivity contribution in [3.05, 3.63) is 21.3 Å². The average Bonchev–Trinajstić information content (AvgIpc) is 2.92. The first kappa shape index (κ1) is 12.5. The fraction of sp³-hybridized carbons (Fsp3) is 0.615. The summed E-state index contributed by atoms with van der Waals surface area (Å²) in [6.07, 6.45) is 2.99. The topological polar surface area (TPSA) is 32.3 Å². The summed E-state index contributed by atoms with van der Waals surface area (Å²) in [6.45, 7) is 3.77. The Hall–Kier alpha value is -0.580. The molecule has 5 heteroatoms. The van der Waals surface area contributed by atoms with Gasteiger partial charge in [0.2, 0.25) is 5.91 Å². The molecule has 18 heavy (non-hydrogen) atoms.